The summed E-state index contributed by atoms with van der Waals surface area (Å²) < 4.78 is 33.8. The number of aryl methyl sites for hydroxylation is 4. The van der Waals surface area contributed by atoms with E-state index in [0.717, 1.165) is 54.2 Å². The Labute approximate surface area is 155 Å². The lowest BCUT2D eigenvalue weighted by Gasteiger charge is -2.19. The zero-order valence-corrected chi connectivity index (χ0v) is 16.6. The topological polar surface area (TPSA) is 64.4 Å². The molecule has 0 spiro atoms. The van der Waals surface area contributed by atoms with Crippen LogP contribution in [0.15, 0.2) is 24.4 Å². The summed E-state index contributed by atoms with van der Waals surface area (Å²) >= 11 is 0. The molecule has 0 radical (unpaired) electrons. The van der Waals surface area contributed by atoms with Gasteiger partial charge in [0.15, 0.2) is 0 Å². The van der Waals surface area contributed by atoms with Gasteiger partial charge >= 0.3 is 0 Å². The van der Waals surface area contributed by atoms with Crippen molar-refractivity contribution in [3.8, 4) is 5.75 Å². The first-order valence-corrected chi connectivity index (χ1v) is 10.9. The Hall–Kier alpha value is -1.86. The molecule has 1 aliphatic rings. The van der Waals surface area contributed by atoms with Crippen LogP contribution in [0.1, 0.15) is 35.5 Å². The summed E-state index contributed by atoms with van der Waals surface area (Å²) in [6, 6.07) is 6.02. The predicted octanol–water partition coefficient (Wildman–Crippen LogP) is 2.68. The van der Waals surface area contributed by atoms with Gasteiger partial charge in [-0.3, -0.25) is 0 Å². The quantitative estimate of drug-likeness (QED) is 0.744. The van der Waals surface area contributed by atoms with Gasteiger partial charge < -0.3 is 9.30 Å². The van der Waals surface area contributed by atoms with Gasteiger partial charge in [-0.2, -0.15) is 4.31 Å². The van der Waals surface area contributed by atoms with E-state index < -0.39 is 10.0 Å². The largest absolute Gasteiger partial charge is 0.492 e. The van der Waals surface area contributed by atoms with Crippen molar-refractivity contribution in [2.75, 3.05) is 19.4 Å². The molecule has 0 N–H and O–H groups in total. The molecule has 6 nitrogen and oxygen atoms in total. The number of hydrogen-bond donors (Lipinski definition) is 0. The number of sulfonamides is 1. The highest BCUT2D eigenvalue weighted by Crippen LogP contribution is 2.20. The van der Waals surface area contributed by atoms with E-state index >= 15 is 0 Å². The Morgan fingerprint density at radius 1 is 1.27 bits per heavy atom. The van der Waals surface area contributed by atoms with Crippen LogP contribution in [0.5, 0.6) is 5.75 Å². The molecular weight excluding hydrogens is 350 g/mol. The second kappa shape index (κ2) is 7.80. The van der Waals surface area contributed by atoms with Crippen LogP contribution in [-0.4, -0.2) is 41.7 Å². The van der Waals surface area contributed by atoms with E-state index in [1.165, 1.54) is 10.6 Å². The van der Waals surface area contributed by atoms with E-state index in [0.29, 0.717) is 13.2 Å². The molecule has 2 heterocycles. The van der Waals surface area contributed by atoms with Crippen molar-refractivity contribution < 1.29 is 13.2 Å². The molecule has 2 aromatic rings. The van der Waals surface area contributed by atoms with Crippen molar-refractivity contribution in [2.24, 2.45) is 0 Å². The summed E-state index contributed by atoms with van der Waals surface area (Å²) in [6.07, 6.45) is 6.49. The van der Waals surface area contributed by atoms with Gasteiger partial charge in [-0.05, 0) is 43.9 Å². The van der Waals surface area contributed by atoms with Crippen LogP contribution in [0.3, 0.4) is 0 Å². The maximum atomic E-state index is 12.2. The summed E-state index contributed by atoms with van der Waals surface area (Å²) in [7, 11) is -3.33. The number of hydrogen-bond acceptors (Lipinski definition) is 4. The Kier molecular flexibility index (Phi) is 5.67. The number of fused-ring (bicyclic) bond motifs is 1. The maximum Gasteiger partial charge on any atom is 0.211 e. The minimum atomic E-state index is -3.33. The zero-order chi connectivity index (χ0) is 18.7. The Morgan fingerprint density at radius 3 is 2.81 bits per heavy atom. The van der Waals surface area contributed by atoms with E-state index in [4.69, 9.17) is 4.74 Å². The fourth-order valence-corrected chi connectivity index (χ4v) is 3.98. The van der Waals surface area contributed by atoms with Gasteiger partial charge in [-0.1, -0.05) is 12.1 Å². The lowest BCUT2D eigenvalue weighted by molar-refractivity contribution is 0.268. The fraction of sp³-hybridized carbons (Fsp3) is 0.526. The molecule has 0 fully saturated rings. The second-order valence-corrected chi connectivity index (χ2v) is 9.00. The Bertz CT molecular complexity index is 851. The lowest BCUT2D eigenvalue weighted by Crippen LogP contribution is -2.33. The number of benzene rings is 1. The smallest absolute Gasteiger partial charge is 0.211 e. The number of ether oxygens (including phenoxy) is 1. The highest BCUT2D eigenvalue weighted by molar-refractivity contribution is 7.88. The normalized spacial score (nSPS) is 14.5. The van der Waals surface area contributed by atoms with Crippen LogP contribution in [0.4, 0.5) is 0 Å². The molecule has 3 rings (SSSR count). The van der Waals surface area contributed by atoms with Crippen LogP contribution in [0.2, 0.25) is 0 Å². The maximum absolute atomic E-state index is 12.2. The highest BCUT2D eigenvalue weighted by atomic mass is 32.2. The average molecular weight is 378 g/mol. The van der Waals surface area contributed by atoms with Crippen molar-refractivity contribution >= 4 is 10.0 Å². The average Bonchev–Trinajstić information content (AvgIpc) is 2.98. The Morgan fingerprint density at radius 2 is 2.08 bits per heavy atom. The molecule has 1 aromatic heterocycles. The molecule has 7 heteroatoms. The summed E-state index contributed by atoms with van der Waals surface area (Å²) in [5, 5.41) is 0. The molecule has 0 unspecified atom stereocenters. The molecule has 142 valence electrons. The monoisotopic (exact) mass is 377 g/mol. The minimum Gasteiger partial charge on any atom is -0.492 e. The number of nitrogens with zero attached hydrogens (tertiary/aromatic N) is 3. The van der Waals surface area contributed by atoms with E-state index in [1.54, 1.807) is 0 Å². The molecule has 26 heavy (non-hydrogen) atoms. The molecule has 0 aliphatic carbocycles. The predicted molar refractivity (Wildman–Crippen MR) is 102 cm³/mol. The molecular formula is C19H27N3O3S. The number of rotatable bonds is 7. The van der Waals surface area contributed by atoms with Gasteiger partial charge in [0, 0.05) is 25.7 Å². The standard InChI is InChI=1S/C19H27N3O3S/c1-15-7-8-16(2)18(12-15)25-11-10-22(26(3,23)24)14-17-13-21-9-5-4-6-19(21)20-17/h7-8,12-13H,4-6,9-11,14H2,1-3H3. The minimum absolute atomic E-state index is 0.287. The van der Waals surface area contributed by atoms with Crippen molar-refractivity contribution in [1.82, 2.24) is 13.9 Å². The van der Waals surface area contributed by atoms with Gasteiger partial charge in [-0.25, -0.2) is 13.4 Å². The zero-order valence-electron chi connectivity index (χ0n) is 15.7. The van der Waals surface area contributed by atoms with E-state index in [-0.39, 0.29) is 6.54 Å². The number of imidazole rings is 1. The summed E-state index contributed by atoms with van der Waals surface area (Å²) in [4.78, 5) is 4.61. The first kappa shape index (κ1) is 18.9. The third-order valence-corrected chi connectivity index (χ3v) is 5.96. The van der Waals surface area contributed by atoms with Gasteiger partial charge in [0.25, 0.3) is 0 Å². The summed E-state index contributed by atoms with van der Waals surface area (Å²) in [6.45, 7) is 5.86. The van der Waals surface area contributed by atoms with Gasteiger partial charge in [-0.15, -0.1) is 0 Å². The molecule has 0 saturated carbocycles. The highest BCUT2D eigenvalue weighted by Gasteiger charge is 2.20. The van der Waals surface area contributed by atoms with E-state index in [9.17, 15) is 8.42 Å². The van der Waals surface area contributed by atoms with Crippen LogP contribution in [0, 0.1) is 13.8 Å². The second-order valence-electron chi connectivity index (χ2n) is 7.01. The van der Waals surface area contributed by atoms with Crippen LogP contribution in [-0.2, 0) is 29.5 Å². The van der Waals surface area contributed by atoms with Crippen molar-refractivity contribution in [3.63, 3.8) is 0 Å². The van der Waals surface area contributed by atoms with Crippen LogP contribution >= 0.6 is 0 Å². The van der Waals surface area contributed by atoms with E-state index in [1.807, 2.05) is 38.2 Å². The van der Waals surface area contributed by atoms with Crippen molar-refractivity contribution in [2.45, 2.75) is 46.2 Å². The number of aromatic nitrogens is 2. The molecule has 0 atom stereocenters. The molecule has 1 aliphatic heterocycles. The molecule has 0 saturated heterocycles. The summed E-state index contributed by atoms with van der Waals surface area (Å²) in [5.74, 6) is 1.86. The first-order chi connectivity index (χ1) is 12.3. The van der Waals surface area contributed by atoms with Crippen molar-refractivity contribution in [1.29, 1.82) is 0 Å². The fourth-order valence-electron chi connectivity index (χ4n) is 3.21. The molecule has 0 bridgehead atoms. The van der Waals surface area contributed by atoms with Gasteiger partial charge in [0.05, 0.1) is 18.5 Å². The Balaban J connectivity index is 1.65. The van der Waals surface area contributed by atoms with Gasteiger partial charge in [0.1, 0.15) is 18.2 Å². The van der Waals surface area contributed by atoms with Crippen LogP contribution < -0.4 is 4.74 Å². The van der Waals surface area contributed by atoms with Crippen molar-refractivity contribution in [3.05, 3.63) is 47.0 Å². The van der Waals surface area contributed by atoms with Crippen LogP contribution in [0.25, 0.3) is 0 Å². The molecule has 0 amide bonds. The SMILES string of the molecule is Cc1ccc(C)c(OCCN(Cc2cn3c(n2)CCCC3)S(C)(=O)=O)c1. The van der Waals surface area contributed by atoms with E-state index in [2.05, 4.69) is 9.55 Å². The summed E-state index contributed by atoms with van der Waals surface area (Å²) in [5.41, 5.74) is 2.97. The first-order valence-electron chi connectivity index (χ1n) is 9.03. The van der Waals surface area contributed by atoms with Gasteiger partial charge in [0.2, 0.25) is 10.0 Å². The molecule has 1 aromatic carbocycles. The lowest BCUT2D eigenvalue weighted by atomic mass is 10.1. The third-order valence-electron chi connectivity index (χ3n) is 4.71. The third kappa shape index (κ3) is 4.65.